The van der Waals surface area contributed by atoms with Crippen molar-refractivity contribution in [3.8, 4) is 11.3 Å². The molecule has 1 amide bonds. The lowest BCUT2D eigenvalue weighted by Gasteiger charge is -2.00. The summed E-state index contributed by atoms with van der Waals surface area (Å²) in [6.45, 7) is 0. The lowest BCUT2D eigenvalue weighted by molar-refractivity contribution is 0.0954. The smallest absolute Gasteiger partial charge is 0.272 e. The molecule has 3 aromatic rings. The maximum atomic E-state index is 11.8. The van der Waals surface area contributed by atoms with Crippen LogP contribution in [-0.4, -0.2) is 25.5 Å². The SMILES string of the molecule is NS(=O)(=O)c1ccc(-c2ccc(/C=N/NC(=O)c3cccnc3)o2)cc1. The monoisotopic (exact) mass is 370 g/mol. The Morgan fingerprint density at radius 2 is 1.92 bits per heavy atom. The summed E-state index contributed by atoms with van der Waals surface area (Å²) in [6.07, 6.45) is 4.36. The van der Waals surface area contributed by atoms with Crippen molar-refractivity contribution in [3.63, 3.8) is 0 Å². The van der Waals surface area contributed by atoms with Crippen LogP contribution < -0.4 is 10.6 Å². The van der Waals surface area contributed by atoms with E-state index in [0.29, 0.717) is 22.6 Å². The fourth-order valence-corrected chi connectivity index (χ4v) is 2.62. The van der Waals surface area contributed by atoms with Crippen LogP contribution in [0.4, 0.5) is 0 Å². The summed E-state index contributed by atoms with van der Waals surface area (Å²) in [6, 6.07) is 12.6. The molecule has 9 heteroatoms. The van der Waals surface area contributed by atoms with E-state index >= 15 is 0 Å². The third kappa shape index (κ3) is 4.21. The molecule has 0 saturated carbocycles. The molecular weight excluding hydrogens is 356 g/mol. The minimum Gasteiger partial charge on any atom is -0.455 e. The molecule has 8 nitrogen and oxygen atoms in total. The Bertz CT molecular complexity index is 1040. The van der Waals surface area contributed by atoms with Gasteiger partial charge in [0.2, 0.25) is 10.0 Å². The van der Waals surface area contributed by atoms with E-state index in [-0.39, 0.29) is 10.8 Å². The summed E-state index contributed by atoms with van der Waals surface area (Å²) in [5, 5.41) is 8.89. The molecule has 0 bridgehead atoms. The van der Waals surface area contributed by atoms with Crippen LogP contribution in [0, 0.1) is 0 Å². The second-order valence-corrected chi connectivity index (χ2v) is 6.77. The number of furan rings is 1. The fourth-order valence-electron chi connectivity index (χ4n) is 2.10. The van der Waals surface area contributed by atoms with Gasteiger partial charge < -0.3 is 4.42 Å². The Morgan fingerprint density at radius 3 is 2.58 bits per heavy atom. The van der Waals surface area contributed by atoms with Gasteiger partial charge in [0.05, 0.1) is 16.7 Å². The van der Waals surface area contributed by atoms with Gasteiger partial charge in [-0.25, -0.2) is 19.0 Å². The molecule has 0 unspecified atom stereocenters. The van der Waals surface area contributed by atoms with Gasteiger partial charge >= 0.3 is 0 Å². The summed E-state index contributed by atoms with van der Waals surface area (Å²) in [5.74, 6) is 0.549. The van der Waals surface area contributed by atoms with Crippen molar-refractivity contribution in [1.29, 1.82) is 0 Å². The van der Waals surface area contributed by atoms with Crippen molar-refractivity contribution in [1.82, 2.24) is 10.4 Å². The predicted octanol–water partition coefficient (Wildman–Crippen LogP) is 1.75. The first kappa shape index (κ1) is 17.5. The van der Waals surface area contributed by atoms with Crippen LogP contribution in [0.3, 0.4) is 0 Å². The van der Waals surface area contributed by atoms with Gasteiger partial charge in [-0.2, -0.15) is 5.10 Å². The predicted molar refractivity (Wildman–Crippen MR) is 94.8 cm³/mol. The van der Waals surface area contributed by atoms with Crippen molar-refractivity contribution >= 4 is 22.1 Å². The molecule has 26 heavy (non-hydrogen) atoms. The third-order valence-corrected chi connectivity index (χ3v) is 4.30. The largest absolute Gasteiger partial charge is 0.455 e. The van der Waals surface area contributed by atoms with Crippen molar-refractivity contribution in [2.45, 2.75) is 4.90 Å². The molecule has 132 valence electrons. The van der Waals surface area contributed by atoms with E-state index in [2.05, 4.69) is 15.5 Å². The first-order chi connectivity index (χ1) is 12.4. The molecule has 0 saturated heterocycles. The van der Waals surface area contributed by atoms with E-state index in [1.165, 1.54) is 24.5 Å². The number of sulfonamides is 1. The van der Waals surface area contributed by atoms with E-state index in [4.69, 9.17) is 9.56 Å². The highest BCUT2D eigenvalue weighted by Gasteiger charge is 2.09. The Balaban J connectivity index is 1.67. The highest BCUT2D eigenvalue weighted by atomic mass is 32.2. The van der Waals surface area contributed by atoms with Gasteiger partial charge in [0.1, 0.15) is 11.5 Å². The zero-order valence-corrected chi connectivity index (χ0v) is 14.2. The zero-order valence-electron chi connectivity index (χ0n) is 13.4. The van der Waals surface area contributed by atoms with Gasteiger partial charge in [-0.3, -0.25) is 9.78 Å². The molecule has 2 aromatic heterocycles. The summed E-state index contributed by atoms with van der Waals surface area (Å²) < 4.78 is 28.1. The van der Waals surface area contributed by atoms with Crippen molar-refractivity contribution in [2.24, 2.45) is 10.2 Å². The molecule has 0 aliphatic carbocycles. The number of benzene rings is 1. The molecular formula is C17H14N4O4S. The fraction of sp³-hybridized carbons (Fsp3) is 0. The number of amides is 1. The number of rotatable bonds is 5. The van der Waals surface area contributed by atoms with E-state index in [1.807, 2.05) is 0 Å². The second kappa shape index (κ2) is 7.30. The highest BCUT2D eigenvalue weighted by molar-refractivity contribution is 7.89. The van der Waals surface area contributed by atoms with Crippen LogP contribution >= 0.6 is 0 Å². The molecule has 0 spiro atoms. The van der Waals surface area contributed by atoms with Gasteiger partial charge in [-0.05, 0) is 48.5 Å². The molecule has 0 aliphatic rings. The zero-order chi connectivity index (χ0) is 18.6. The number of nitrogens with one attached hydrogen (secondary N) is 1. The highest BCUT2D eigenvalue weighted by Crippen LogP contribution is 2.22. The number of nitrogens with zero attached hydrogens (tertiary/aromatic N) is 2. The average molecular weight is 370 g/mol. The summed E-state index contributed by atoms with van der Waals surface area (Å²) >= 11 is 0. The van der Waals surface area contributed by atoms with Gasteiger partial charge in [0.25, 0.3) is 5.91 Å². The van der Waals surface area contributed by atoms with Crippen molar-refractivity contribution in [2.75, 3.05) is 0 Å². The number of nitrogens with two attached hydrogens (primary N) is 1. The van der Waals surface area contributed by atoms with Gasteiger partial charge in [-0.1, -0.05) is 0 Å². The van der Waals surface area contributed by atoms with Crippen molar-refractivity contribution < 1.29 is 17.6 Å². The Morgan fingerprint density at radius 1 is 1.15 bits per heavy atom. The van der Waals surface area contributed by atoms with Crippen molar-refractivity contribution in [3.05, 3.63) is 72.2 Å². The van der Waals surface area contributed by atoms with Gasteiger partial charge in [0.15, 0.2) is 0 Å². The topological polar surface area (TPSA) is 128 Å². The minimum absolute atomic E-state index is 0.0210. The Kier molecular flexibility index (Phi) is 4.92. The number of carbonyl (C=O) groups is 1. The van der Waals surface area contributed by atoms with Gasteiger partial charge in [0, 0.05) is 18.0 Å². The molecule has 1 aromatic carbocycles. The van der Waals surface area contributed by atoms with E-state index < -0.39 is 10.0 Å². The number of carbonyl (C=O) groups excluding carboxylic acids is 1. The lowest BCUT2D eigenvalue weighted by atomic mass is 10.2. The minimum atomic E-state index is -3.74. The molecule has 0 atom stereocenters. The number of primary sulfonamides is 1. The van der Waals surface area contributed by atoms with Gasteiger partial charge in [-0.15, -0.1) is 0 Å². The van der Waals surface area contributed by atoms with Crippen LogP contribution in [0.2, 0.25) is 0 Å². The maximum absolute atomic E-state index is 11.8. The molecule has 3 N–H and O–H groups in total. The number of hydrogen-bond donors (Lipinski definition) is 2. The molecule has 3 rings (SSSR count). The Labute approximate surface area is 149 Å². The first-order valence-corrected chi connectivity index (χ1v) is 8.94. The lowest BCUT2D eigenvalue weighted by Crippen LogP contribution is -2.17. The first-order valence-electron chi connectivity index (χ1n) is 7.40. The van der Waals surface area contributed by atoms with Crippen LogP contribution in [0.15, 0.2) is 75.3 Å². The van der Waals surface area contributed by atoms with Crippen LogP contribution in [-0.2, 0) is 10.0 Å². The van der Waals surface area contributed by atoms with E-state index in [9.17, 15) is 13.2 Å². The normalized spacial score (nSPS) is 11.6. The quantitative estimate of drug-likeness (QED) is 0.522. The Hall–Kier alpha value is -3.30. The van der Waals surface area contributed by atoms with Crippen LogP contribution in [0.1, 0.15) is 16.1 Å². The summed E-state index contributed by atoms with van der Waals surface area (Å²) in [5.41, 5.74) is 3.44. The maximum Gasteiger partial charge on any atom is 0.272 e. The molecule has 0 radical (unpaired) electrons. The van der Waals surface area contributed by atoms with Crippen LogP contribution in [0.5, 0.6) is 0 Å². The molecule has 2 heterocycles. The standard InChI is InChI=1S/C17H14N4O4S/c18-26(23,24)15-6-3-12(4-7-15)16-8-5-14(25-16)11-20-21-17(22)13-2-1-9-19-10-13/h1-11H,(H,21,22)(H2,18,23,24)/b20-11+. The second-order valence-electron chi connectivity index (χ2n) is 5.21. The molecule has 0 aliphatic heterocycles. The number of hydrazone groups is 1. The summed E-state index contributed by atoms with van der Waals surface area (Å²) in [7, 11) is -3.74. The third-order valence-electron chi connectivity index (χ3n) is 3.38. The number of hydrogen-bond acceptors (Lipinski definition) is 6. The molecule has 0 fully saturated rings. The van der Waals surface area contributed by atoms with E-state index in [1.54, 1.807) is 42.6 Å². The van der Waals surface area contributed by atoms with Crippen LogP contribution in [0.25, 0.3) is 11.3 Å². The number of aromatic nitrogens is 1. The van der Waals surface area contributed by atoms with E-state index in [0.717, 1.165) is 0 Å². The summed E-state index contributed by atoms with van der Waals surface area (Å²) in [4.78, 5) is 15.7. The number of pyridine rings is 1. The average Bonchev–Trinajstić information content (AvgIpc) is 3.11.